The Balaban J connectivity index is 2.33. The van der Waals surface area contributed by atoms with Crippen molar-refractivity contribution in [3.05, 3.63) is 35.9 Å². The molecule has 1 saturated heterocycles. The minimum absolute atomic E-state index is 0.0971. The van der Waals surface area contributed by atoms with Crippen molar-refractivity contribution < 1.29 is 9.31 Å². The van der Waals surface area contributed by atoms with Crippen molar-refractivity contribution >= 4 is 7.12 Å². The zero-order valence-corrected chi connectivity index (χ0v) is 8.86. The molecule has 0 radical (unpaired) electrons. The Hall–Kier alpha value is -0.795. The molecule has 1 aliphatic heterocycles. The molecule has 2 rings (SSSR count). The van der Waals surface area contributed by atoms with Crippen molar-refractivity contribution in [2.45, 2.75) is 32.4 Å². The highest BCUT2D eigenvalue weighted by Crippen LogP contribution is 2.36. The Labute approximate surface area is 85.4 Å². The molecule has 1 aromatic rings. The van der Waals surface area contributed by atoms with Crippen LogP contribution in [0.15, 0.2) is 30.3 Å². The van der Waals surface area contributed by atoms with Gasteiger partial charge >= 0.3 is 7.12 Å². The lowest BCUT2D eigenvalue weighted by molar-refractivity contribution is 0.0620. The summed E-state index contributed by atoms with van der Waals surface area (Å²) in [5, 5.41) is 0. The SMILES string of the molecule is CB1OC(C)C(C)(c2ccccc2)O1. The number of benzene rings is 1. The first-order valence-electron chi connectivity index (χ1n) is 5.02. The van der Waals surface area contributed by atoms with Crippen LogP contribution in [0, 0.1) is 0 Å². The molecule has 2 unspecified atom stereocenters. The second kappa shape index (κ2) is 3.41. The normalized spacial score (nSPS) is 32.2. The summed E-state index contributed by atoms with van der Waals surface area (Å²) in [6.07, 6.45) is 0.0971. The van der Waals surface area contributed by atoms with Gasteiger partial charge in [-0.3, -0.25) is 0 Å². The van der Waals surface area contributed by atoms with Crippen molar-refractivity contribution in [1.29, 1.82) is 0 Å². The zero-order valence-electron chi connectivity index (χ0n) is 8.86. The van der Waals surface area contributed by atoms with Gasteiger partial charge in [0.25, 0.3) is 0 Å². The van der Waals surface area contributed by atoms with Crippen LogP contribution in [0.5, 0.6) is 0 Å². The van der Waals surface area contributed by atoms with E-state index in [1.807, 2.05) is 25.0 Å². The molecule has 0 amide bonds. The average molecular weight is 190 g/mol. The quantitative estimate of drug-likeness (QED) is 0.633. The van der Waals surface area contributed by atoms with E-state index >= 15 is 0 Å². The van der Waals surface area contributed by atoms with E-state index in [1.165, 1.54) is 5.56 Å². The van der Waals surface area contributed by atoms with Gasteiger partial charge in [-0.05, 0) is 26.2 Å². The molecule has 0 saturated carbocycles. The van der Waals surface area contributed by atoms with Gasteiger partial charge in [0.2, 0.25) is 0 Å². The standard InChI is InChI=1S/C11H15BO2/c1-9-11(2,14-12(3)13-9)10-7-5-4-6-8-10/h4-9H,1-3H3. The lowest BCUT2D eigenvalue weighted by Crippen LogP contribution is -2.31. The first-order chi connectivity index (χ1) is 6.63. The predicted octanol–water partition coefficient (Wildman–Crippen LogP) is 2.46. The van der Waals surface area contributed by atoms with Gasteiger partial charge in [0.05, 0.1) is 6.10 Å². The molecular formula is C11H15BO2. The molecule has 2 nitrogen and oxygen atoms in total. The second-order valence-corrected chi connectivity index (χ2v) is 3.94. The molecule has 0 bridgehead atoms. The predicted molar refractivity (Wildman–Crippen MR) is 57.0 cm³/mol. The highest BCUT2D eigenvalue weighted by atomic mass is 16.7. The number of hydrogen-bond acceptors (Lipinski definition) is 2. The van der Waals surface area contributed by atoms with E-state index in [-0.39, 0.29) is 18.8 Å². The van der Waals surface area contributed by atoms with Crippen molar-refractivity contribution in [2.75, 3.05) is 0 Å². The van der Waals surface area contributed by atoms with Crippen LogP contribution in [0.4, 0.5) is 0 Å². The first-order valence-corrected chi connectivity index (χ1v) is 5.02. The van der Waals surface area contributed by atoms with E-state index in [0.29, 0.717) is 0 Å². The maximum Gasteiger partial charge on any atom is 0.454 e. The van der Waals surface area contributed by atoms with Crippen molar-refractivity contribution in [2.24, 2.45) is 0 Å². The summed E-state index contributed by atoms with van der Waals surface area (Å²) in [7, 11) is -0.116. The molecule has 74 valence electrons. The first kappa shape index (κ1) is 9.75. The van der Waals surface area contributed by atoms with Crippen LogP contribution in [0.2, 0.25) is 6.82 Å². The fraction of sp³-hybridized carbons (Fsp3) is 0.455. The summed E-state index contributed by atoms with van der Waals surface area (Å²) in [6, 6.07) is 10.2. The third-order valence-corrected chi connectivity index (χ3v) is 2.93. The molecule has 1 aromatic carbocycles. The van der Waals surface area contributed by atoms with E-state index in [9.17, 15) is 0 Å². The number of hydrogen-bond donors (Lipinski definition) is 0. The van der Waals surface area contributed by atoms with Gasteiger partial charge in [0, 0.05) is 0 Å². The highest BCUT2D eigenvalue weighted by Gasteiger charge is 2.44. The zero-order chi connectivity index (χ0) is 10.2. The largest absolute Gasteiger partial charge is 0.454 e. The summed E-state index contributed by atoms with van der Waals surface area (Å²) in [4.78, 5) is 0. The summed E-state index contributed by atoms with van der Waals surface area (Å²) in [6.45, 7) is 6.07. The molecule has 1 fully saturated rings. The fourth-order valence-corrected chi connectivity index (χ4v) is 1.96. The van der Waals surface area contributed by atoms with E-state index in [1.54, 1.807) is 0 Å². The molecule has 1 heterocycles. The summed E-state index contributed by atoms with van der Waals surface area (Å²) in [5.41, 5.74) is 0.873. The Morgan fingerprint density at radius 1 is 1.29 bits per heavy atom. The molecule has 2 atom stereocenters. The summed E-state index contributed by atoms with van der Waals surface area (Å²) < 4.78 is 11.4. The Kier molecular flexibility index (Phi) is 2.37. The second-order valence-electron chi connectivity index (χ2n) is 3.94. The minimum atomic E-state index is -0.305. The minimum Gasteiger partial charge on any atom is -0.405 e. The Bertz CT molecular complexity index is 314. The monoisotopic (exact) mass is 190 g/mol. The molecule has 0 aromatic heterocycles. The molecular weight excluding hydrogens is 175 g/mol. The Morgan fingerprint density at radius 3 is 2.43 bits per heavy atom. The van der Waals surface area contributed by atoms with Gasteiger partial charge in [0.1, 0.15) is 5.60 Å². The van der Waals surface area contributed by atoms with Crippen LogP contribution in [-0.2, 0) is 14.9 Å². The van der Waals surface area contributed by atoms with Gasteiger partial charge in [-0.25, -0.2) is 0 Å². The molecule has 0 N–H and O–H groups in total. The van der Waals surface area contributed by atoms with Crippen molar-refractivity contribution in [3.8, 4) is 0 Å². The molecule has 3 heteroatoms. The maximum absolute atomic E-state index is 5.82. The molecule has 14 heavy (non-hydrogen) atoms. The Morgan fingerprint density at radius 2 is 1.93 bits per heavy atom. The van der Waals surface area contributed by atoms with Gasteiger partial charge in [-0.15, -0.1) is 0 Å². The van der Waals surface area contributed by atoms with Crippen molar-refractivity contribution in [1.82, 2.24) is 0 Å². The van der Waals surface area contributed by atoms with E-state index < -0.39 is 0 Å². The van der Waals surface area contributed by atoms with Crippen LogP contribution in [0.25, 0.3) is 0 Å². The van der Waals surface area contributed by atoms with Gasteiger partial charge < -0.3 is 9.31 Å². The van der Waals surface area contributed by atoms with E-state index in [4.69, 9.17) is 9.31 Å². The van der Waals surface area contributed by atoms with Crippen LogP contribution in [0.1, 0.15) is 19.4 Å². The van der Waals surface area contributed by atoms with E-state index in [0.717, 1.165) is 0 Å². The molecule has 0 spiro atoms. The third-order valence-electron chi connectivity index (χ3n) is 2.93. The summed E-state index contributed by atoms with van der Waals surface area (Å²) >= 11 is 0. The topological polar surface area (TPSA) is 18.5 Å². The van der Waals surface area contributed by atoms with E-state index in [2.05, 4.69) is 26.0 Å². The van der Waals surface area contributed by atoms with Gasteiger partial charge in [0.15, 0.2) is 0 Å². The maximum atomic E-state index is 5.82. The highest BCUT2D eigenvalue weighted by molar-refractivity contribution is 6.43. The van der Waals surface area contributed by atoms with Crippen molar-refractivity contribution in [3.63, 3.8) is 0 Å². The number of rotatable bonds is 1. The lowest BCUT2D eigenvalue weighted by atomic mass is 9.90. The molecule has 0 aliphatic carbocycles. The van der Waals surface area contributed by atoms with Gasteiger partial charge in [-0.1, -0.05) is 30.3 Å². The molecule has 1 aliphatic rings. The fourth-order valence-electron chi connectivity index (χ4n) is 1.96. The van der Waals surface area contributed by atoms with Crippen LogP contribution >= 0.6 is 0 Å². The lowest BCUT2D eigenvalue weighted by Gasteiger charge is -2.28. The van der Waals surface area contributed by atoms with Gasteiger partial charge in [-0.2, -0.15) is 0 Å². The van der Waals surface area contributed by atoms with Crippen LogP contribution in [-0.4, -0.2) is 13.2 Å². The summed E-state index contributed by atoms with van der Waals surface area (Å²) in [5.74, 6) is 0. The van der Waals surface area contributed by atoms with Crippen LogP contribution < -0.4 is 0 Å². The smallest absolute Gasteiger partial charge is 0.405 e. The van der Waals surface area contributed by atoms with Crippen LogP contribution in [0.3, 0.4) is 0 Å². The average Bonchev–Trinajstić information content (AvgIpc) is 2.43. The third kappa shape index (κ3) is 1.47.